The van der Waals surface area contributed by atoms with Crippen LogP contribution in [0, 0.1) is 0 Å². The lowest BCUT2D eigenvalue weighted by Gasteiger charge is -2.10. The van der Waals surface area contributed by atoms with E-state index in [1.54, 1.807) is 0 Å². The van der Waals surface area contributed by atoms with Crippen molar-refractivity contribution < 1.29 is 8.83 Å². The van der Waals surface area contributed by atoms with Crippen LogP contribution >= 0.6 is 0 Å². The van der Waals surface area contributed by atoms with Gasteiger partial charge in [0.1, 0.15) is 22.3 Å². The quantitative estimate of drug-likeness (QED) is 0.167. The van der Waals surface area contributed by atoms with Crippen molar-refractivity contribution in [3.05, 3.63) is 206 Å². The molecule has 63 heavy (non-hydrogen) atoms. The zero-order valence-corrected chi connectivity index (χ0v) is 33.7. The predicted octanol–water partition coefficient (Wildman–Crippen LogP) is 15.1. The van der Waals surface area contributed by atoms with Gasteiger partial charge in [-0.25, -0.2) is 15.0 Å². The van der Waals surface area contributed by atoms with Gasteiger partial charge < -0.3 is 13.4 Å². The molecule has 0 N–H and O–H groups in total. The maximum Gasteiger partial charge on any atom is 0.167 e. The normalized spacial score (nSPS) is 11.8. The lowest BCUT2D eigenvalue weighted by Crippen LogP contribution is -2.00. The van der Waals surface area contributed by atoms with Crippen molar-refractivity contribution in [2.75, 3.05) is 0 Å². The molecule has 13 rings (SSSR count). The molecule has 0 atom stereocenters. The summed E-state index contributed by atoms with van der Waals surface area (Å²) >= 11 is 0. The number of aromatic nitrogens is 4. The van der Waals surface area contributed by atoms with Crippen LogP contribution < -0.4 is 0 Å². The molecule has 6 nitrogen and oxygen atoms in total. The summed E-state index contributed by atoms with van der Waals surface area (Å²) in [6.07, 6.45) is 0. The van der Waals surface area contributed by atoms with E-state index in [1.807, 2.05) is 42.5 Å². The predicted molar refractivity (Wildman–Crippen MR) is 256 cm³/mol. The van der Waals surface area contributed by atoms with Crippen LogP contribution in [0.15, 0.2) is 215 Å². The number of hydrogen-bond acceptors (Lipinski definition) is 5. The molecule has 13 aromatic rings. The Morgan fingerprint density at radius 1 is 0.317 bits per heavy atom. The third-order valence-corrected chi connectivity index (χ3v) is 12.3. The maximum atomic E-state index is 6.93. The lowest BCUT2D eigenvalue weighted by molar-refractivity contribution is 0.669. The Bertz CT molecular complexity index is 3920. The van der Waals surface area contributed by atoms with E-state index >= 15 is 0 Å². The van der Waals surface area contributed by atoms with Crippen LogP contribution in [0.5, 0.6) is 0 Å². The molecule has 4 heterocycles. The fraction of sp³-hybridized carbons (Fsp3) is 0. The zero-order valence-electron chi connectivity index (χ0n) is 33.7. The van der Waals surface area contributed by atoms with E-state index in [4.69, 9.17) is 23.8 Å². The molecule has 294 valence electrons. The first kappa shape index (κ1) is 35.2. The molecule has 6 heteroatoms. The Balaban J connectivity index is 1.00. The number of benzene rings is 9. The molecule has 4 aromatic heterocycles. The third-order valence-electron chi connectivity index (χ3n) is 12.3. The van der Waals surface area contributed by atoms with Crippen LogP contribution in [0.1, 0.15) is 0 Å². The molecule has 0 radical (unpaired) electrons. The topological polar surface area (TPSA) is 69.9 Å². The molecule has 0 bridgehead atoms. The van der Waals surface area contributed by atoms with E-state index in [2.05, 4.69) is 168 Å². The minimum absolute atomic E-state index is 0.511. The summed E-state index contributed by atoms with van der Waals surface area (Å²) < 4.78 is 15.8. The van der Waals surface area contributed by atoms with E-state index in [9.17, 15) is 0 Å². The van der Waals surface area contributed by atoms with Crippen molar-refractivity contribution in [2.45, 2.75) is 0 Å². The summed E-state index contributed by atoms with van der Waals surface area (Å²) in [5.41, 5.74) is 13.4. The summed E-state index contributed by atoms with van der Waals surface area (Å²) in [5.74, 6) is 1.58. The summed E-state index contributed by atoms with van der Waals surface area (Å²) in [7, 11) is 0. The Labute approximate surface area is 361 Å². The molecule has 0 fully saturated rings. The summed E-state index contributed by atoms with van der Waals surface area (Å²) in [4.78, 5) is 15.6. The minimum Gasteiger partial charge on any atom is -0.455 e. The number of rotatable bonds is 6. The fourth-order valence-electron chi connectivity index (χ4n) is 9.39. The van der Waals surface area contributed by atoms with E-state index < -0.39 is 0 Å². The number of fused-ring (bicyclic) bond motifs is 9. The first-order valence-corrected chi connectivity index (χ1v) is 21.1. The first-order valence-electron chi connectivity index (χ1n) is 21.1. The van der Waals surface area contributed by atoms with Gasteiger partial charge in [0.25, 0.3) is 0 Å². The van der Waals surface area contributed by atoms with Crippen LogP contribution in [0.3, 0.4) is 0 Å². The average molecular weight is 807 g/mol. The molecule has 0 aliphatic rings. The monoisotopic (exact) mass is 806 g/mol. The van der Waals surface area contributed by atoms with Gasteiger partial charge in [-0.1, -0.05) is 146 Å². The molecule has 0 amide bonds. The second-order valence-corrected chi connectivity index (χ2v) is 15.9. The van der Waals surface area contributed by atoms with Crippen molar-refractivity contribution in [1.82, 2.24) is 19.5 Å². The van der Waals surface area contributed by atoms with Crippen LogP contribution in [-0.4, -0.2) is 19.5 Å². The van der Waals surface area contributed by atoms with Crippen molar-refractivity contribution in [3.8, 4) is 62.1 Å². The van der Waals surface area contributed by atoms with Crippen LogP contribution in [0.4, 0.5) is 0 Å². The van der Waals surface area contributed by atoms with E-state index in [-0.39, 0.29) is 0 Å². The summed E-state index contributed by atoms with van der Waals surface area (Å²) in [6.45, 7) is 0. The molecule has 0 saturated heterocycles. The van der Waals surface area contributed by atoms with Gasteiger partial charge in [-0.15, -0.1) is 0 Å². The van der Waals surface area contributed by atoms with Crippen molar-refractivity contribution >= 4 is 65.7 Å². The summed E-state index contributed by atoms with van der Waals surface area (Å²) in [6, 6.07) is 71.5. The van der Waals surface area contributed by atoms with E-state index in [0.717, 1.165) is 88.4 Å². The van der Waals surface area contributed by atoms with Crippen molar-refractivity contribution in [1.29, 1.82) is 0 Å². The summed E-state index contributed by atoms with van der Waals surface area (Å²) in [5, 5.41) is 6.47. The highest BCUT2D eigenvalue weighted by molar-refractivity contribution is 6.17. The fourth-order valence-corrected chi connectivity index (χ4v) is 9.39. The minimum atomic E-state index is 0.511. The first-order chi connectivity index (χ1) is 31.2. The van der Waals surface area contributed by atoms with Crippen molar-refractivity contribution in [3.63, 3.8) is 0 Å². The SMILES string of the molecule is c1ccc(-c2cccc(-c3nc(-c4cccc5c4oc4ccccc45)nc(-c4cccc5c4oc4cc(-c6cccc7c6c6ccccc6n7-c6ccccc6)ccc45)n3)c2)cc1. The van der Waals surface area contributed by atoms with Crippen LogP contribution in [0.2, 0.25) is 0 Å². The van der Waals surface area contributed by atoms with Gasteiger partial charge in [0.05, 0.1) is 22.2 Å². The highest BCUT2D eigenvalue weighted by atomic mass is 16.3. The Morgan fingerprint density at radius 3 is 1.63 bits per heavy atom. The van der Waals surface area contributed by atoms with Gasteiger partial charge in [-0.2, -0.15) is 0 Å². The van der Waals surface area contributed by atoms with Gasteiger partial charge >= 0.3 is 0 Å². The largest absolute Gasteiger partial charge is 0.455 e. The second-order valence-electron chi connectivity index (χ2n) is 15.9. The second kappa shape index (κ2) is 14.0. The van der Waals surface area contributed by atoms with E-state index in [1.165, 1.54) is 16.3 Å². The van der Waals surface area contributed by atoms with Gasteiger partial charge in [-0.05, 0) is 82.9 Å². The molecular weight excluding hydrogens is 773 g/mol. The van der Waals surface area contributed by atoms with E-state index in [0.29, 0.717) is 23.1 Å². The molecular formula is C57H34N4O2. The average Bonchev–Trinajstić information content (AvgIpc) is 4.04. The molecule has 0 aliphatic heterocycles. The lowest BCUT2D eigenvalue weighted by atomic mass is 9.98. The smallest absolute Gasteiger partial charge is 0.167 e. The highest BCUT2D eigenvalue weighted by Gasteiger charge is 2.22. The number of para-hydroxylation sites is 5. The molecule has 0 saturated carbocycles. The van der Waals surface area contributed by atoms with Gasteiger partial charge in [-0.3, -0.25) is 0 Å². The van der Waals surface area contributed by atoms with Gasteiger partial charge in [0.15, 0.2) is 17.5 Å². The maximum absolute atomic E-state index is 6.93. The Hall–Kier alpha value is -8.61. The Kier molecular flexibility index (Phi) is 7.80. The number of nitrogens with zero attached hydrogens (tertiary/aromatic N) is 4. The zero-order chi connectivity index (χ0) is 41.4. The number of furan rings is 2. The van der Waals surface area contributed by atoms with Crippen molar-refractivity contribution in [2.24, 2.45) is 0 Å². The van der Waals surface area contributed by atoms with Crippen LogP contribution in [-0.2, 0) is 0 Å². The van der Waals surface area contributed by atoms with Gasteiger partial charge in [0, 0.05) is 43.6 Å². The highest BCUT2D eigenvalue weighted by Crippen LogP contribution is 2.42. The third kappa shape index (κ3) is 5.62. The van der Waals surface area contributed by atoms with Gasteiger partial charge in [0.2, 0.25) is 0 Å². The van der Waals surface area contributed by atoms with Crippen LogP contribution in [0.25, 0.3) is 128 Å². The molecule has 0 spiro atoms. The molecule has 0 unspecified atom stereocenters. The molecule has 9 aromatic carbocycles. The molecule has 0 aliphatic carbocycles. The standard InChI is InChI=1S/C57H34N4O2/c1-3-15-35(16-4-1)36-17-11-18-38(33-36)55-58-56(46-26-12-24-43-41-21-8-10-30-50(41)62-53(43)46)60-57(59-55)47-27-13-25-44-42-32-31-37(34-51(42)63-54(44)47)40-23-14-29-49-52(40)45-22-7-9-28-48(45)61(49)39-19-5-2-6-20-39/h1-34H. The number of hydrogen-bond donors (Lipinski definition) is 0. The Morgan fingerprint density at radius 2 is 0.857 bits per heavy atom.